The number of nitrogens with one attached hydrogen (secondary N) is 2. The molecule has 3 rings (SSSR count). The number of piperidine rings is 1. The minimum absolute atomic E-state index is 0.0227. The molecule has 2 aromatic rings. The molecule has 0 saturated carbocycles. The first-order valence-corrected chi connectivity index (χ1v) is 11.5. The lowest BCUT2D eigenvalue weighted by Gasteiger charge is -2.33. The zero-order valence-electron chi connectivity index (χ0n) is 16.8. The first-order chi connectivity index (χ1) is 14.0. The van der Waals surface area contributed by atoms with E-state index < -0.39 is 10.0 Å². The van der Waals surface area contributed by atoms with Crippen LogP contribution in [0.4, 0.5) is 0 Å². The first kappa shape index (κ1) is 21.5. The lowest BCUT2D eigenvalue weighted by Crippen LogP contribution is -2.40. The number of hydrogen-bond donors (Lipinski definition) is 2. The standard InChI is InChI=1S/C21H29N3O4S/c1-22-29(26,27)18-10-7-17(8-11-18)9-12-21(25)23-16-19(20-6-5-15-28-20)24-13-3-2-4-14-24/h5-8,10-11,15,19,22H,2-4,9,12-14,16H2,1H3,(H,23,25). The monoisotopic (exact) mass is 419 g/mol. The number of likely N-dealkylation sites (tertiary alicyclic amines) is 1. The van der Waals surface area contributed by atoms with Gasteiger partial charge < -0.3 is 9.73 Å². The number of rotatable bonds is 9. The van der Waals surface area contributed by atoms with Crippen molar-refractivity contribution in [2.45, 2.75) is 43.0 Å². The Morgan fingerprint density at radius 1 is 1.14 bits per heavy atom. The molecule has 2 N–H and O–H groups in total. The molecule has 0 spiro atoms. The van der Waals surface area contributed by atoms with Gasteiger partial charge in [-0.3, -0.25) is 9.69 Å². The van der Waals surface area contributed by atoms with E-state index in [2.05, 4.69) is 14.9 Å². The number of aryl methyl sites for hydroxylation is 1. The second-order valence-electron chi connectivity index (χ2n) is 7.28. The van der Waals surface area contributed by atoms with Crippen LogP contribution in [-0.2, 0) is 21.2 Å². The Hall–Kier alpha value is -2.16. The van der Waals surface area contributed by atoms with Gasteiger partial charge in [0, 0.05) is 13.0 Å². The molecule has 8 heteroatoms. The van der Waals surface area contributed by atoms with Crippen LogP contribution < -0.4 is 10.0 Å². The van der Waals surface area contributed by atoms with Crippen LogP contribution in [0, 0.1) is 0 Å². The van der Waals surface area contributed by atoms with Gasteiger partial charge in [-0.05, 0) is 69.2 Å². The second-order valence-corrected chi connectivity index (χ2v) is 9.17. The van der Waals surface area contributed by atoms with E-state index in [9.17, 15) is 13.2 Å². The molecule has 1 aromatic carbocycles. The molecule has 2 heterocycles. The normalized spacial score (nSPS) is 16.4. The van der Waals surface area contributed by atoms with Gasteiger partial charge in [0.1, 0.15) is 5.76 Å². The summed E-state index contributed by atoms with van der Waals surface area (Å²) in [5.41, 5.74) is 0.925. The Morgan fingerprint density at radius 3 is 2.48 bits per heavy atom. The summed E-state index contributed by atoms with van der Waals surface area (Å²) in [4.78, 5) is 15.0. The molecule has 0 radical (unpaired) electrons. The highest BCUT2D eigenvalue weighted by Crippen LogP contribution is 2.24. The van der Waals surface area contributed by atoms with Gasteiger partial charge in [-0.1, -0.05) is 18.6 Å². The van der Waals surface area contributed by atoms with Crippen molar-refractivity contribution in [3.63, 3.8) is 0 Å². The predicted octanol–water partition coefficient (Wildman–Crippen LogP) is 2.46. The molecule has 158 valence electrons. The van der Waals surface area contributed by atoms with Crippen molar-refractivity contribution in [3.05, 3.63) is 54.0 Å². The summed E-state index contributed by atoms with van der Waals surface area (Å²) < 4.78 is 31.4. The van der Waals surface area contributed by atoms with Gasteiger partial charge in [-0.2, -0.15) is 0 Å². The van der Waals surface area contributed by atoms with Crippen LogP contribution in [0.1, 0.15) is 43.0 Å². The van der Waals surface area contributed by atoms with Crippen molar-refractivity contribution >= 4 is 15.9 Å². The highest BCUT2D eigenvalue weighted by atomic mass is 32.2. The smallest absolute Gasteiger partial charge is 0.240 e. The van der Waals surface area contributed by atoms with E-state index in [1.54, 1.807) is 30.5 Å². The summed E-state index contributed by atoms with van der Waals surface area (Å²) >= 11 is 0. The quantitative estimate of drug-likeness (QED) is 0.651. The van der Waals surface area contributed by atoms with Gasteiger partial charge in [-0.15, -0.1) is 0 Å². The third-order valence-corrected chi connectivity index (χ3v) is 6.77. The lowest BCUT2D eigenvalue weighted by molar-refractivity contribution is -0.121. The minimum Gasteiger partial charge on any atom is -0.468 e. The molecule has 1 unspecified atom stereocenters. The molecule has 1 aromatic heterocycles. The lowest BCUT2D eigenvalue weighted by atomic mass is 10.1. The summed E-state index contributed by atoms with van der Waals surface area (Å²) in [5.74, 6) is 0.860. The molecule has 1 aliphatic rings. The highest BCUT2D eigenvalue weighted by Gasteiger charge is 2.24. The average molecular weight is 420 g/mol. The molecular formula is C21H29N3O4S. The van der Waals surface area contributed by atoms with Crippen molar-refractivity contribution < 1.29 is 17.6 Å². The Kier molecular flexibility index (Phi) is 7.46. The number of hydrogen-bond acceptors (Lipinski definition) is 5. The summed E-state index contributed by atoms with van der Waals surface area (Å²) in [6, 6.07) is 10.5. The SMILES string of the molecule is CNS(=O)(=O)c1ccc(CCC(=O)NCC(c2ccco2)N2CCCCC2)cc1. The Labute approximate surface area is 172 Å². The Morgan fingerprint density at radius 2 is 1.86 bits per heavy atom. The van der Waals surface area contributed by atoms with Crippen LogP contribution in [0.5, 0.6) is 0 Å². The Balaban J connectivity index is 1.51. The van der Waals surface area contributed by atoms with Crippen molar-refractivity contribution in [1.29, 1.82) is 0 Å². The fourth-order valence-corrected chi connectivity index (χ4v) is 4.36. The molecular weight excluding hydrogens is 390 g/mol. The largest absolute Gasteiger partial charge is 0.468 e. The second kappa shape index (κ2) is 10.0. The number of amides is 1. The zero-order chi connectivity index (χ0) is 20.7. The van der Waals surface area contributed by atoms with Crippen LogP contribution in [0.25, 0.3) is 0 Å². The van der Waals surface area contributed by atoms with E-state index in [-0.39, 0.29) is 16.8 Å². The van der Waals surface area contributed by atoms with Gasteiger partial charge in [0.15, 0.2) is 0 Å². The number of carbonyl (C=O) groups is 1. The molecule has 1 saturated heterocycles. The van der Waals surface area contributed by atoms with Gasteiger partial charge >= 0.3 is 0 Å². The van der Waals surface area contributed by atoms with Crippen molar-refractivity contribution in [2.75, 3.05) is 26.7 Å². The van der Waals surface area contributed by atoms with E-state index in [0.717, 1.165) is 24.4 Å². The molecule has 1 aliphatic heterocycles. The van der Waals surface area contributed by atoms with Gasteiger partial charge in [0.25, 0.3) is 0 Å². The first-order valence-electron chi connectivity index (χ1n) is 10.1. The van der Waals surface area contributed by atoms with E-state index in [1.165, 1.54) is 26.3 Å². The number of sulfonamides is 1. The van der Waals surface area contributed by atoms with E-state index >= 15 is 0 Å². The maximum absolute atomic E-state index is 12.4. The fourth-order valence-electron chi connectivity index (χ4n) is 3.63. The molecule has 29 heavy (non-hydrogen) atoms. The van der Waals surface area contributed by atoms with Gasteiger partial charge in [0.2, 0.25) is 15.9 Å². The minimum atomic E-state index is -3.44. The third kappa shape index (κ3) is 5.91. The molecule has 0 bridgehead atoms. The van der Waals surface area contributed by atoms with Crippen LogP contribution in [0.15, 0.2) is 52.0 Å². The van der Waals surface area contributed by atoms with Crippen molar-refractivity contribution in [1.82, 2.24) is 14.9 Å². The molecule has 0 aliphatic carbocycles. The average Bonchev–Trinajstić information content (AvgIpc) is 3.28. The van der Waals surface area contributed by atoms with Gasteiger partial charge in [0.05, 0.1) is 17.2 Å². The predicted molar refractivity (Wildman–Crippen MR) is 111 cm³/mol. The number of nitrogens with zero attached hydrogens (tertiary/aromatic N) is 1. The maximum Gasteiger partial charge on any atom is 0.240 e. The van der Waals surface area contributed by atoms with Crippen LogP contribution in [0.3, 0.4) is 0 Å². The van der Waals surface area contributed by atoms with Crippen LogP contribution in [0.2, 0.25) is 0 Å². The fraction of sp³-hybridized carbons (Fsp3) is 0.476. The summed E-state index contributed by atoms with van der Waals surface area (Å²) in [7, 11) is -2.06. The maximum atomic E-state index is 12.4. The summed E-state index contributed by atoms with van der Waals surface area (Å²) in [6.07, 6.45) is 6.17. The third-order valence-electron chi connectivity index (χ3n) is 5.34. The number of benzene rings is 1. The number of carbonyl (C=O) groups excluding carboxylic acids is 1. The molecule has 1 amide bonds. The van der Waals surface area contributed by atoms with E-state index in [4.69, 9.17) is 4.42 Å². The topological polar surface area (TPSA) is 91.6 Å². The van der Waals surface area contributed by atoms with Crippen molar-refractivity contribution in [3.8, 4) is 0 Å². The van der Waals surface area contributed by atoms with Crippen LogP contribution in [-0.4, -0.2) is 45.9 Å². The van der Waals surface area contributed by atoms with E-state index in [1.807, 2.05) is 12.1 Å². The molecule has 1 atom stereocenters. The van der Waals surface area contributed by atoms with Crippen molar-refractivity contribution in [2.24, 2.45) is 0 Å². The highest BCUT2D eigenvalue weighted by molar-refractivity contribution is 7.89. The molecule has 7 nitrogen and oxygen atoms in total. The van der Waals surface area contributed by atoms with E-state index in [0.29, 0.717) is 19.4 Å². The Bertz CT molecular complexity index is 873. The zero-order valence-corrected chi connectivity index (χ0v) is 17.6. The number of furan rings is 1. The summed E-state index contributed by atoms with van der Waals surface area (Å²) in [5, 5.41) is 3.04. The molecule has 1 fully saturated rings. The van der Waals surface area contributed by atoms with Crippen LogP contribution >= 0.6 is 0 Å². The van der Waals surface area contributed by atoms with Gasteiger partial charge in [-0.25, -0.2) is 13.1 Å². The summed E-state index contributed by atoms with van der Waals surface area (Å²) in [6.45, 7) is 2.55.